The zero-order valence-corrected chi connectivity index (χ0v) is 12.2. The van der Waals surface area contributed by atoms with Crippen LogP contribution in [0, 0.1) is 5.92 Å². The Hall–Kier alpha value is -1.20. The second kappa shape index (κ2) is 6.11. The third-order valence-corrected chi connectivity index (χ3v) is 3.08. The van der Waals surface area contributed by atoms with Crippen LogP contribution in [0.3, 0.4) is 0 Å². The molecule has 0 bridgehead atoms. The number of hydrogen-bond donors (Lipinski definition) is 1. The fraction of sp³-hybridized carbons (Fsp3) is 0.385. The predicted octanol–water partition coefficient (Wildman–Crippen LogP) is 2.78. The van der Waals surface area contributed by atoms with Gasteiger partial charge in [-0.3, -0.25) is 0 Å². The number of nitrogens with zero attached hydrogens (tertiary/aromatic N) is 3. The molecule has 2 rings (SSSR count). The van der Waals surface area contributed by atoms with Crippen LogP contribution in [0.25, 0.3) is 5.69 Å². The molecule has 0 amide bonds. The van der Waals surface area contributed by atoms with Gasteiger partial charge < -0.3 is 5.32 Å². The second-order valence-electron chi connectivity index (χ2n) is 4.64. The van der Waals surface area contributed by atoms with Crippen molar-refractivity contribution in [3.8, 4) is 5.69 Å². The van der Waals surface area contributed by atoms with Gasteiger partial charge in [-0.25, -0.2) is 4.68 Å². The molecule has 5 heteroatoms. The monoisotopic (exact) mass is 308 g/mol. The van der Waals surface area contributed by atoms with Crippen molar-refractivity contribution in [2.75, 3.05) is 6.54 Å². The lowest BCUT2D eigenvalue weighted by atomic mass is 10.2. The summed E-state index contributed by atoms with van der Waals surface area (Å²) in [5, 5.41) is 11.5. The van der Waals surface area contributed by atoms with Crippen LogP contribution in [0.1, 0.15) is 19.5 Å². The highest BCUT2D eigenvalue weighted by Gasteiger charge is 2.06. The highest BCUT2D eigenvalue weighted by atomic mass is 79.9. The first-order chi connectivity index (χ1) is 8.66. The summed E-state index contributed by atoms with van der Waals surface area (Å²) in [6.45, 7) is 6.15. The molecule has 0 unspecified atom stereocenters. The molecular formula is C13H17BrN4. The molecule has 18 heavy (non-hydrogen) atoms. The van der Waals surface area contributed by atoms with Crippen molar-refractivity contribution in [3.05, 3.63) is 40.6 Å². The van der Waals surface area contributed by atoms with Crippen molar-refractivity contribution in [1.82, 2.24) is 20.3 Å². The molecule has 0 aliphatic rings. The smallest absolute Gasteiger partial charge is 0.0783 e. The average Bonchev–Trinajstić information content (AvgIpc) is 2.78. The van der Waals surface area contributed by atoms with E-state index in [1.807, 2.05) is 28.9 Å². The summed E-state index contributed by atoms with van der Waals surface area (Å²) in [4.78, 5) is 0. The quantitative estimate of drug-likeness (QED) is 0.923. The summed E-state index contributed by atoms with van der Waals surface area (Å²) in [5.74, 6) is 0.641. The zero-order valence-electron chi connectivity index (χ0n) is 10.6. The largest absolute Gasteiger partial charge is 0.311 e. The van der Waals surface area contributed by atoms with E-state index in [0.717, 1.165) is 28.9 Å². The maximum absolute atomic E-state index is 4.13. The third kappa shape index (κ3) is 3.40. The Kier molecular flexibility index (Phi) is 4.49. The van der Waals surface area contributed by atoms with Crippen LogP contribution in [0.15, 0.2) is 34.9 Å². The first-order valence-electron chi connectivity index (χ1n) is 6.03. The number of hydrogen-bond acceptors (Lipinski definition) is 3. The van der Waals surface area contributed by atoms with Gasteiger partial charge in [0.2, 0.25) is 0 Å². The molecule has 0 radical (unpaired) electrons. The van der Waals surface area contributed by atoms with Gasteiger partial charge in [0.05, 0.1) is 17.6 Å². The fourth-order valence-corrected chi connectivity index (χ4v) is 1.93. The first-order valence-corrected chi connectivity index (χ1v) is 6.82. The molecule has 0 fully saturated rings. The Bertz CT molecular complexity index is 490. The zero-order chi connectivity index (χ0) is 13.0. The van der Waals surface area contributed by atoms with E-state index in [2.05, 4.69) is 45.4 Å². The van der Waals surface area contributed by atoms with Crippen LogP contribution in [0.5, 0.6) is 0 Å². The number of rotatable bonds is 5. The van der Waals surface area contributed by atoms with Gasteiger partial charge in [-0.2, -0.15) is 0 Å². The molecule has 2 aromatic rings. The summed E-state index contributed by atoms with van der Waals surface area (Å²) in [6.07, 6.45) is 1.80. The van der Waals surface area contributed by atoms with Crippen molar-refractivity contribution >= 4 is 15.9 Å². The summed E-state index contributed by atoms with van der Waals surface area (Å²) in [5.41, 5.74) is 2.09. The first kappa shape index (κ1) is 13.2. The molecule has 0 saturated heterocycles. The molecule has 0 aliphatic carbocycles. The van der Waals surface area contributed by atoms with Crippen molar-refractivity contribution in [2.45, 2.75) is 20.4 Å². The van der Waals surface area contributed by atoms with E-state index >= 15 is 0 Å². The molecule has 96 valence electrons. The molecule has 0 atom stereocenters. The standard InChI is InChI=1S/C13H17BrN4/c1-10(2)7-15-8-13-9-16-17-18(13)12-5-3-11(14)4-6-12/h3-6,9-10,15H,7-8H2,1-2H3. The lowest BCUT2D eigenvalue weighted by Crippen LogP contribution is -2.20. The number of aromatic nitrogens is 3. The van der Waals surface area contributed by atoms with E-state index < -0.39 is 0 Å². The minimum Gasteiger partial charge on any atom is -0.311 e. The molecule has 1 aromatic carbocycles. The lowest BCUT2D eigenvalue weighted by Gasteiger charge is -2.09. The van der Waals surface area contributed by atoms with Crippen molar-refractivity contribution < 1.29 is 0 Å². The Morgan fingerprint density at radius 3 is 2.67 bits per heavy atom. The van der Waals surface area contributed by atoms with Gasteiger partial charge in [0, 0.05) is 11.0 Å². The molecule has 0 saturated carbocycles. The molecule has 0 spiro atoms. The van der Waals surface area contributed by atoms with Crippen molar-refractivity contribution in [3.63, 3.8) is 0 Å². The molecular weight excluding hydrogens is 292 g/mol. The van der Waals surface area contributed by atoms with Crippen molar-refractivity contribution in [1.29, 1.82) is 0 Å². The van der Waals surface area contributed by atoms with Gasteiger partial charge in [-0.15, -0.1) is 5.10 Å². The maximum atomic E-state index is 4.13. The van der Waals surface area contributed by atoms with Gasteiger partial charge in [-0.1, -0.05) is 35.0 Å². The van der Waals surface area contributed by atoms with Gasteiger partial charge in [-0.05, 0) is 36.7 Å². The van der Waals surface area contributed by atoms with Gasteiger partial charge >= 0.3 is 0 Å². The van der Waals surface area contributed by atoms with Crippen LogP contribution in [0.4, 0.5) is 0 Å². The van der Waals surface area contributed by atoms with Crippen molar-refractivity contribution in [2.24, 2.45) is 5.92 Å². The molecule has 1 N–H and O–H groups in total. The summed E-state index contributed by atoms with van der Waals surface area (Å²) in [6, 6.07) is 8.04. The Morgan fingerprint density at radius 2 is 2.00 bits per heavy atom. The molecule has 4 nitrogen and oxygen atoms in total. The van der Waals surface area contributed by atoms with Gasteiger partial charge in [0.15, 0.2) is 0 Å². The number of nitrogens with one attached hydrogen (secondary N) is 1. The normalized spacial score (nSPS) is 11.1. The summed E-state index contributed by atoms with van der Waals surface area (Å²) < 4.78 is 2.92. The Labute approximate surface area is 116 Å². The SMILES string of the molecule is CC(C)CNCc1cnnn1-c1ccc(Br)cc1. The summed E-state index contributed by atoms with van der Waals surface area (Å²) in [7, 11) is 0. The van der Waals surface area contributed by atoms with Crippen LogP contribution < -0.4 is 5.32 Å². The van der Waals surface area contributed by atoms with Gasteiger partial charge in [0.1, 0.15) is 0 Å². The van der Waals surface area contributed by atoms with Gasteiger partial charge in [0.25, 0.3) is 0 Å². The summed E-state index contributed by atoms with van der Waals surface area (Å²) >= 11 is 3.43. The minimum absolute atomic E-state index is 0.641. The highest BCUT2D eigenvalue weighted by molar-refractivity contribution is 9.10. The van der Waals surface area contributed by atoms with E-state index in [0.29, 0.717) is 5.92 Å². The second-order valence-corrected chi connectivity index (χ2v) is 5.55. The van der Waals surface area contributed by atoms with Crippen LogP contribution in [-0.4, -0.2) is 21.5 Å². The fourth-order valence-electron chi connectivity index (χ4n) is 1.67. The molecule has 1 aromatic heterocycles. The van der Waals surface area contributed by atoms with Crippen LogP contribution >= 0.6 is 15.9 Å². The van der Waals surface area contributed by atoms with E-state index in [4.69, 9.17) is 0 Å². The lowest BCUT2D eigenvalue weighted by molar-refractivity contribution is 0.542. The third-order valence-electron chi connectivity index (χ3n) is 2.55. The predicted molar refractivity (Wildman–Crippen MR) is 75.6 cm³/mol. The maximum Gasteiger partial charge on any atom is 0.0783 e. The van der Waals surface area contributed by atoms with E-state index in [1.165, 1.54) is 0 Å². The molecule has 0 aliphatic heterocycles. The minimum atomic E-state index is 0.641. The molecule has 1 heterocycles. The van der Waals surface area contributed by atoms with E-state index in [1.54, 1.807) is 6.20 Å². The van der Waals surface area contributed by atoms with E-state index in [-0.39, 0.29) is 0 Å². The average molecular weight is 309 g/mol. The van der Waals surface area contributed by atoms with Crippen LogP contribution in [0.2, 0.25) is 0 Å². The Balaban J connectivity index is 2.10. The number of benzene rings is 1. The topological polar surface area (TPSA) is 42.7 Å². The van der Waals surface area contributed by atoms with Crippen LogP contribution in [-0.2, 0) is 6.54 Å². The number of halogens is 1. The Morgan fingerprint density at radius 1 is 1.28 bits per heavy atom. The van der Waals surface area contributed by atoms with E-state index in [9.17, 15) is 0 Å². The highest BCUT2D eigenvalue weighted by Crippen LogP contribution is 2.14.